The Kier molecular flexibility index (Phi) is 3.30. The Hall–Kier alpha value is -0.120. The summed E-state index contributed by atoms with van der Waals surface area (Å²) in [6.45, 7) is 0. The Bertz CT molecular complexity index is 109. The first-order chi connectivity index (χ1) is 5.18. The molecule has 3 nitrogen and oxygen atoms in total. The molecule has 0 saturated heterocycles. The van der Waals surface area contributed by atoms with E-state index < -0.39 is 0 Å². The van der Waals surface area contributed by atoms with Gasteiger partial charge in [-0.1, -0.05) is 0 Å². The summed E-state index contributed by atoms with van der Waals surface area (Å²) < 4.78 is 0. The zero-order chi connectivity index (χ0) is 8.27. The first-order valence-corrected chi connectivity index (χ1v) is 4.30. The molecule has 0 aromatic rings. The van der Waals surface area contributed by atoms with E-state index in [4.69, 9.17) is 0 Å². The minimum absolute atomic E-state index is 0.0461. The Balaban J connectivity index is 2.17. The Morgan fingerprint density at radius 3 is 2.18 bits per heavy atom. The van der Waals surface area contributed by atoms with Crippen molar-refractivity contribution < 1.29 is 5.11 Å². The van der Waals surface area contributed by atoms with Gasteiger partial charge in [-0.25, -0.2) is 0 Å². The number of aliphatic hydroxyl groups excluding tert-OH is 1. The van der Waals surface area contributed by atoms with Crippen LogP contribution in [0.2, 0.25) is 0 Å². The number of hydrogen-bond donors (Lipinski definition) is 2. The smallest absolute Gasteiger partial charge is 0.0541 e. The van der Waals surface area contributed by atoms with Crippen molar-refractivity contribution >= 4 is 0 Å². The van der Waals surface area contributed by atoms with Gasteiger partial charge in [0, 0.05) is 20.1 Å². The molecule has 1 aliphatic carbocycles. The summed E-state index contributed by atoms with van der Waals surface area (Å²) in [6.07, 6.45) is 4.05. The van der Waals surface area contributed by atoms with Gasteiger partial charge in [-0.05, 0) is 25.7 Å². The first kappa shape index (κ1) is 8.97. The molecule has 1 rings (SSSR count). The van der Waals surface area contributed by atoms with Crippen LogP contribution in [0.25, 0.3) is 0 Å². The number of hydrazine groups is 1. The van der Waals surface area contributed by atoms with Crippen molar-refractivity contribution in [2.75, 3.05) is 14.1 Å². The van der Waals surface area contributed by atoms with Crippen molar-refractivity contribution in [1.82, 2.24) is 10.4 Å². The highest BCUT2D eigenvalue weighted by molar-refractivity contribution is 4.74. The van der Waals surface area contributed by atoms with Crippen LogP contribution in [-0.2, 0) is 0 Å². The van der Waals surface area contributed by atoms with Gasteiger partial charge in [-0.15, -0.1) is 0 Å². The topological polar surface area (TPSA) is 35.5 Å². The maximum atomic E-state index is 9.22. The Morgan fingerprint density at radius 1 is 1.18 bits per heavy atom. The molecule has 0 unspecified atom stereocenters. The molecule has 1 saturated carbocycles. The monoisotopic (exact) mass is 158 g/mol. The van der Waals surface area contributed by atoms with E-state index in [-0.39, 0.29) is 6.10 Å². The van der Waals surface area contributed by atoms with Gasteiger partial charge < -0.3 is 5.11 Å². The fraction of sp³-hybridized carbons (Fsp3) is 1.00. The van der Waals surface area contributed by atoms with Gasteiger partial charge in [-0.3, -0.25) is 10.4 Å². The van der Waals surface area contributed by atoms with E-state index in [0.717, 1.165) is 25.7 Å². The molecule has 2 N–H and O–H groups in total. The van der Waals surface area contributed by atoms with Gasteiger partial charge in [0.15, 0.2) is 0 Å². The predicted molar refractivity (Wildman–Crippen MR) is 45.1 cm³/mol. The molecule has 0 atom stereocenters. The third kappa shape index (κ3) is 3.18. The second-order valence-electron chi connectivity index (χ2n) is 3.53. The lowest BCUT2D eigenvalue weighted by Crippen LogP contribution is -2.42. The molecule has 0 heterocycles. The molecule has 0 aromatic carbocycles. The van der Waals surface area contributed by atoms with Crippen LogP contribution in [-0.4, -0.2) is 36.4 Å². The molecular weight excluding hydrogens is 140 g/mol. The van der Waals surface area contributed by atoms with E-state index in [9.17, 15) is 5.11 Å². The average Bonchev–Trinajstić information content (AvgIpc) is 1.93. The molecule has 0 aromatic heterocycles. The van der Waals surface area contributed by atoms with Crippen molar-refractivity contribution in [2.45, 2.75) is 37.8 Å². The maximum Gasteiger partial charge on any atom is 0.0541 e. The van der Waals surface area contributed by atoms with Gasteiger partial charge in [0.2, 0.25) is 0 Å². The van der Waals surface area contributed by atoms with Crippen LogP contribution in [0, 0.1) is 0 Å². The van der Waals surface area contributed by atoms with E-state index in [1.165, 1.54) is 0 Å². The normalized spacial score (nSPS) is 32.7. The van der Waals surface area contributed by atoms with Gasteiger partial charge in [-0.2, -0.15) is 0 Å². The fourth-order valence-electron chi connectivity index (χ4n) is 1.57. The van der Waals surface area contributed by atoms with Crippen LogP contribution in [0.3, 0.4) is 0 Å². The minimum atomic E-state index is -0.0461. The standard InChI is InChI=1S/C8H18N2O/c1-10(2)9-7-3-5-8(11)6-4-7/h7-9,11H,3-6H2,1-2H3. The van der Waals surface area contributed by atoms with Crippen LogP contribution in [0.4, 0.5) is 0 Å². The highest BCUT2D eigenvalue weighted by Crippen LogP contribution is 2.17. The Labute approximate surface area is 68.4 Å². The van der Waals surface area contributed by atoms with Gasteiger partial charge in [0.1, 0.15) is 0 Å². The molecule has 0 bridgehead atoms. The molecule has 0 amide bonds. The van der Waals surface area contributed by atoms with E-state index in [1.54, 1.807) is 0 Å². The summed E-state index contributed by atoms with van der Waals surface area (Å²) in [5.74, 6) is 0. The van der Waals surface area contributed by atoms with Crippen molar-refractivity contribution in [3.8, 4) is 0 Å². The molecule has 1 fully saturated rings. The van der Waals surface area contributed by atoms with Crippen LogP contribution < -0.4 is 5.43 Å². The van der Waals surface area contributed by atoms with E-state index in [0.29, 0.717) is 6.04 Å². The maximum absolute atomic E-state index is 9.22. The van der Waals surface area contributed by atoms with Crippen LogP contribution in [0.1, 0.15) is 25.7 Å². The van der Waals surface area contributed by atoms with Crippen molar-refractivity contribution in [3.63, 3.8) is 0 Å². The van der Waals surface area contributed by atoms with Crippen molar-refractivity contribution in [1.29, 1.82) is 0 Å². The number of aliphatic hydroxyl groups is 1. The number of nitrogens with zero attached hydrogens (tertiary/aromatic N) is 1. The number of hydrogen-bond acceptors (Lipinski definition) is 3. The lowest BCUT2D eigenvalue weighted by atomic mass is 9.94. The van der Waals surface area contributed by atoms with Gasteiger partial charge in [0.05, 0.1) is 6.10 Å². The van der Waals surface area contributed by atoms with Crippen molar-refractivity contribution in [2.24, 2.45) is 0 Å². The highest BCUT2D eigenvalue weighted by atomic mass is 16.3. The second kappa shape index (κ2) is 4.04. The van der Waals surface area contributed by atoms with Crippen LogP contribution >= 0.6 is 0 Å². The molecule has 3 heteroatoms. The predicted octanol–water partition coefficient (Wildman–Crippen LogP) is 0.356. The fourth-order valence-corrected chi connectivity index (χ4v) is 1.57. The number of nitrogens with one attached hydrogen (secondary N) is 1. The quantitative estimate of drug-likeness (QED) is 0.569. The lowest BCUT2D eigenvalue weighted by Gasteiger charge is -2.28. The summed E-state index contributed by atoms with van der Waals surface area (Å²) in [4.78, 5) is 0. The van der Waals surface area contributed by atoms with Gasteiger partial charge >= 0.3 is 0 Å². The Morgan fingerprint density at radius 2 is 1.73 bits per heavy atom. The second-order valence-corrected chi connectivity index (χ2v) is 3.53. The summed E-state index contributed by atoms with van der Waals surface area (Å²) in [5.41, 5.74) is 3.32. The largest absolute Gasteiger partial charge is 0.393 e. The lowest BCUT2D eigenvalue weighted by molar-refractivity contribution is 0.0980. The van der Waals surface area contributed by atoms with Crippen LogP contribution in [0.15, 0.2) is 0 Å². The third-order valence-corrected chi connectivity index (χ3v) is 2.14. The van der Waals surface area contributed by atoms with Gasteiger partial charge in [0.25, 0.3) is 0 Å². The van der Waals surface area contributed by atoms with E-state index >= 15 is 0 Å². The molecular formula is C8H18N2O. The van der Waals surface area contributed by atoms with Crippen molar-refractivity contribution in [3.05, 3.63) is 0 Å². The summed E-state index contributed by atoms with van der Waals surface area (Å²) in [6, 6.07) is 0.577. The minimum Gasteiger partial charge on any atom is -0.393 e. The average molecular weight is 158 g/mol. The summed E-state index contributed by atoms with van der Waals surface area (Å²) >= 11 is 0. The molecule has 66 valence electrons. The van der Waals surface area contributed by atoms with E-state index in [1.807, 2.05) is 19.1 Å². The molecule has 0 aliphatic heterocycles. The molecule has 0 radical (unpaired) electrons. The molecule has 11 heavy (non-hydrogen) atoms. The molecule has 0 spiro atoms. The van der Waals surface area contributed by atoms with Crippen LogP contribution in [0.5, 0.6) is 0 Å². The SMILES string of the molecule is CN(C)NC1CCC(O)CC1. The number of rotatable bonds is 2. The van der Waals surface area contributed by atoms with E-state index in [2.05, 4.69) is 5.43 Å². The molecule has 1 aliphatic rings. The zero-order valence-electron chi connectivity index (χ0n) is 7.38. The first-order valence-electron chi connectivity index (χ1n) is 4.30. The third-order valence-electron chi connectivity index (χ3n) is 2.14. The summed E-state index contributed by atoms with van der Waals surface area (Å²) in [7, 11) is 4.01. The highest BCUT2D eigenvalue weighted by Gasteiger charge is 2.18. The summed E-state index contributed by atoms with van der Waals surface area (Å²) in [5, 5.41) is 11.2. The zero-order valence-corrected chi connectivity index (χ0v) is 7.38.